The summed E-state index contributed by atoms with van der Waals surface area (Å²) in [6, 6.07) is 5.90. The van der Waals surface area contributed by atoms with Gasteiger partial charge in [0.15, 0.2) is 0 Å². The molecule has 0 saturated carbocycles. The highest BCUT2D eigenvalue weighted by Crippen LogP contribution is 2.25. The Bertz CT molecular complexity index is 415. The molecule has 94 valence electrons. The van der Waals surface area contributed by atoms with Gasteiger partial charge in [-0.15, -0.1) is 0 Å². The van der Waals surface area contributed by atoms with Crippen LogP contribution in [0.25, 0.3) is 0 Å². The van der Waals surface area contributed by atoms with Gasteiger partial charge in [-0.05, 0) is 45.4 Å². The lowest BCUT2D eigenvalue weighted by Crippen LogP contribution is -2.61. The smallest absolute Gasteiger partial charge is 0.128 e. The standard InChI is InChI=1S/C14H21FN2/c1-10-5-6-12(7-13(10)15)17-9-14(3,4)16-8-11(17)2/h5-7,11,16H,8-9H2,1-4H3. The fraction of sp³-hybridized carbons (Fsp3) is 0.571. The average Bonchev–Trinajstić information content (AvgIpc) is 2.26. The molecule has 1 heterocycles. The van der Waals surface area contributed by atoms with Crippen molar-refractivity contribution >= 4 is 5.69 Å². The second kappa shape index (κ2) is 4.30. The number of hydrogen-bond donors (Lipinski definition) is 1. The van der Waals surface area contributed by atoms with E-state index in [2.05, 4.69) is 31.0 Å². The average molecular weight is 236 g/mol. The van der Waals surface area contributed by atoms with Crippen LogP contribution >= 0.6 is 0 Å². The van der Waals surface area contributed by atoms with E-state index in [0.29, 0.717) is 11.6 Å². The zero-order chi connectivity index (χ0) is 12.6. The molecule has 0 amide bonds. The Balaban J connectivity index is 2.28. The summed E-state index contributed by atoms with van der Waals surface area (Å²) in [6.45, 7) is 10.1. The van der Waals surface area contributed by atoms with Gasteiger partial charge in [0, 0.05) is 30.4 Å². The third-order valence-corrected chi connectivity index (χ3v) is 3.46. The molecule has 1 fully saturated rings. The first-order chi connectivity index (χ1) is 7.89. The van der Waals surface area contributed by atoms with Gasteiger partial charge < -0.3 is 10.2 Å². The van der Waals surface area contributed by atoms with Crippen LogP contribution in [0.3, 0.4) is 0 Å². The molecular weight excluding hydrogens is 215 g/mol. The fourth-order valence-corrected chi connectivity index (χ4v) is 2.28. The summed E-state index contributed by atoms with van der Waals surface area (Å²) in [5, 5.41) is 3.50. The monoisotopic (exact) mass is 236 g/mol. The molecule has 0 radical (unpaired) electrons. The molecule has 1 N–H and O–H groups in total. The molecule has 0 aromatic heterocycles. The maximum atomic E-state index is 13.6. The van der Waals surface area contributed by atoms with Crippen molar-refractivity contribution in [3.63, 3.8) is 0 Å². The molecule has 1 aromatic carbocycles. The number of aryl methyl sites for hydroxylation is 1. The number of piperazine rings is 1. The van der Waals surface area contributed by atoms with Crippen molar-refractivity contribution in [1.82, 2.24) is 5.32 Å². The Morgan fingerprint density at radius 2 is 2.12 bits per heavy atom. The van der Waals surface area contributed by atoms with E-state index < -0.39 is 0 Å². The Labute approximate surface area is 103 Å². The van der Waals surface area contributed by atoms with Gasteiger partial charge in [-0.2, -0.15) is 0 Å². The van der Waals surface area contributed by atoms with Crippen molar-refractivity contribution in [1.29, 1.82) is 0 Å². The van der Waals surface area contributed by atoms with E-state index in [0.717, 1.165) is 18.8 Å². The molecule has 1 aromatic rings. The van der Waals surface area contributed by atoms with E-state index in [1.54, 1.807) is 13.0 Å². The van der Waals surface area contributed by atoms with E-state index in [1.165, 1.54) is 0 Å². The topological polar surface area (TPSA) is 15.3 Å². The maximum absolute atomic E-state index is 13.6. The van der Waals surface area contributed by atoms with Crippen LogP contribution < -0.4 is 10.2 Å². The molecule has 0 bridgehead atoms. The van der Waals surface area contributed by atoms with Crippen molar-refractivity contribution in [2.24, 2.45) is 0 Å². The van der Waals surface area contributed by atoms with Gasteiger partial charge in [-0.3, -0.25) is 0 Å². The van der Waals surface area contributed by atoms with Crippen molar-refractivity contribution < 1.29 is 4.39 Å². The van der Waals surface area contributed by atoms with Gasteiger partial charge in [0.25, 0.3) is 0 Å². The summed E-state index contributed by atoms with van der Waals surface area (Å²) in [7, 11) is 0. The van der Waals surface area contributed by atoms with Gasteiger partial charge in [-0.1, -0.05) is 6.07 Å². The molecule has 1 unspecified atom stereocenters. The quantitative estimate of drug-likeness (QED) is 0.806. The number of rotatable bonds is 1. The molecular formula is C14H21FN2. The van der Waals surface area contributed by atoms with E-state index >= 15 is 0 Å². The summed E-state index contributed by atoms with van der Waals surface area (Å²) in [5.74, 6) is -0.119. The van der Waals surface area contributed by atoms with Gasteiger partial charge in [0.05, 0.1) is 0 Å². The summed E-state index contributed by atoms with van der Waals surface area (Å²) < 4.78 is 13.6. The number of hydrogen-bond acceptors (Lipinski definition) is 2. The number of anilines is 1. The van der Waals surface area contributed by atoms with Crippen molar-refractivity contribution in [2.75, 3.05) is 18.0 Å². The highest BCUT2D eigenvalue weighted by atomic mass is 19.1. The first-order valence-electron chi connectivity index (χ1n) is 6.17. The Morgan fingerprint density at radius 3 is 2.76 bits per heavy atom. The van der Waals surface area contributed by atoms with Gasteiger partial charge in [0.1, 0.15) is 5.82 Å². The Morgan fingerprint density at radius 1 is 1.41 bits per heavy atom. The summed E-state index contributed by atoms with van der Waals surface area (Å²) >= 11 is 0. The van der Waals surface area contributed by atoms with Crippen LogP contribution in [0.4, 0.5) is 10.1 Å². The predicted octanol–water partition coefficient (Wildman–Crippen LogP) is 2.71. The van der Waals surface area contributed by atoms with Crippen LogP contribution in [-0.4, -0.2) is 24.7 Å². The van der Waals surface area contributed by atoms with Gasteiger partial charge in [-0.25, -0.2) is 4.39 Å². The third-order valence-electron chi connectivity index (χ3n) is 3.46. The number of nitrogens with one attached hydrogen (secondary N) is 1. The van der Waals surface area contributed by atoms with Gasteiger partial charge >= 0.3 is 0 Å². The van der Waals surface area contributed by atoms with Crippen LogP contribution in [0.5, 0.6) is 0 Å². The molecule has 1 atom stereocenters. The molecule has 2 nitrogen and oxygen atoms in total. The van der Waals surface area contributed by atoms with E-state index in [4.69, 9.17) is 0 Å². The summed E-state index contributed by atoms with van der Waals surface area (Å²) in [4.78, 5) is 2.28. The molecule has 0 aliphatic carbocycles. The van der Waals surface area contributed by atoms with E-state index in [9.17, 15) is 4.39 Å². The zero-order valence-electron chi connectivity index (χ0n) is 11.0. The largest absolute Gasteiger partial charge is 0.366 e. The van der Waals surface area contributed by atoms with Crippen molar-refractivity contribution in [3.05, 3.63) is 29.6 Å². The normalized spacial score (nSPS) is 23.8. The van der Waals surface area contributed by atoms with Crippen LogP contribution in [0.2, 0.25) is 0 Å². The molecule has 0 spiro atoms. The lowest BCUT2D eigenvalue weighted by atomic mass is 9.98. The van der Waals surface area contributed by atoms with Crippen LogP contribution in [0.1, 0.15) is 26.3 Å². The lowest BCUT2D eigenvalue weighted by molar-refractivity contribution is 0.318. The molecule has 17 heavy (non-hydrogen) atoms. The second-order valence-corrected chi connectivity index (χ2v) is 5.68. The van der Waals surface area contributed by atoms with Crippen LogP contribution in [-0.2, 0) is 0 Å². The van der Waals surface area contributed by atoms with E-state index in [1.807, 2.05) is 12.1 Å². The van der Waals surface area contributed by atoms with Crippen LogP contribution in [0, 0.1) is 12.7 Å². The maximum Gasteiger partial charge on any atom is 0.128 e. The Kier molecular flexibility index (Phi) is 3.13. The lowest BCUT2D eigenvalue weighted by Gasteiger charge is -2.44. The number of benzene rings is 1. The SMILES string of the molecule is Cc1ccc(N2CC(C)(C)NCC2C)cc1F. The number of nitrogens with zero attached hydrogens (tertiary/aromatic N) is 1. The minimum atomic E-state index is -0.119. The fourth-order valence-electron chi connectivity index (χ4n) is 2.28. The highest BCUT2D eigenvalue weighted by Gasteiger charge is 2.30. The number of halogens is 1. The molecule has 1 saturated heterocycles. The minimum Gasteiger partial charge on any atom is -0.366 e. The van der Waals surface area contributed by atoms with Crippen LogP contribution in [0.15, 0.2) is 18.2 Å². The molecule has 1 aliphatic rings. The predicted molar refractivity (Wildman–Crippen MR) is 70.0 cm³/mol. The van der Waals surface area contributed by atoms with Crippen molar-refractivity contribution in [2.45, 2.75) is 39.3 Å². The molecule has 1 aliphatic heterocycles. The minimum absolute atomic E-state index is 0.0773. The summed E-state index contributed by atoms with van der Waals surface area (Å²) in [6.07, 6.45) is 0. The first-order valence-corrected chi connectivity index (χ1v) is 6.17. The second-order valence-electron chi connectivity index (χ2n) is 5.68. The first kappa shape index (κ1) is 12.4. The highest BCUT2D eigenvalue weighted by molar-refractivity contribution is 5.50. The van der Waals surface area contributed by atoms with Crippen molar-refractivity contribution in [3.8, 4) is 0 Å². The third kappa shape index (κ3) is 2.60. The summed E-state index contributed by atoms with van der Waals surface area (Å²) in [5.41, 5.74) is 1.76. The zero-order valence-corrected chi connectivity index (χ0v) is 11.0. The Hall–Kier alpha value is -1.09. The van der Waals surface area contributed by atoms with Gasteiger partial charge in [0.2, 0.25) is 0 Å². The molecule has 3 heteroatoms. The van der Waals surface area contributed by atoms with E-state index in [-0.39, 0.29) is 11.4 Å². The molecule has 2 rings (SSSR count).